The van der Waals surface area contributed by atoms with E-state index in [1.807, 2.05) is 0 Å². The fourth-order valence-corrected chi connectivity index (χ4v) is 3.51. The van der Waals surface area contributed by atoms with Crippen molar-refractivity contribution in [2.45, 2.75) is 37.4 Å². The van der Waals surface area contributed by atoms with Crippen molar-refractivity contribution in [2.24, 2.45) is 0 Å². The zero-order chi connectivity index (χ0) is 16.0. The maximum Gasteiger partial charge on any atom is 0.287 e. The number of hydrogen-bond donors (Lipinski definition) is 2. The molecule has 0 aliphatic carbocycles. The molecule has 4 rings (SSSR count). The molecule has 2 aliphatic rings. The first-order valence-corrected chi connectivity index (χ1v) is 7.72. The van der Waals surface area contributed by atoms with E-state index in [1.165, 1.54) is 12.1 Å². The van der Waals surface area contributed by atoms with Crippen LogP contribution in [0.3, 0.4) is 0 Å². The summed E-state index contributed by atoms with van der Waals surface area (Å²) in [5, 5.41) is 6.40. The Morgan fingerprint density at radius 2 is 2.09 bits per heavy atom. The zero-order valence-electron chi connectivity index (χ0n) is 12.3. The smallest absolute Gasteiger partial charge is 0.287 e. The number of furan rings is 1. The van der Waals surface area contributed by atoms with E-state index >= 15 is 0 Å². The Kier molecular flexibility index (Phi) is 3.41. The number of rotatable bonds is 3. The highest BCUT2D eigenvalue weighted by Crippen LogP contribution is 2.29. The summed E-state index contributed by atoms with van der Waals surface area (Å²) in [6.45, 7) is 0. The van der Waals surface area contributed by atoms with Crippen molar-refractivity contribution in [1.82, 2.24) is 10.6 Å². The molecule has 2 aromatic rings. The van der Waals surface area contributed by atoms with Crippen LogP contribution in [-0.2, 0) is 0 Å². The number of amides is 1. The maximum absolute atomic E-state index is 13.8. The second-order valence-electron chi connectivity index (χ2n) is 6.15. The molecule has 2 aliphatic heterocycles. The van der Waals surface area contributed by atoms with Crippen molar-refractivity contribution in [3.05, 3.63) is 47.7 Å². The molecule has 2 bridgehead atoms. The molecule has 1 amide bonds. The van der Waals surface area contributed by atoms with E-state index < -0.39 is 11.6 Å². The van der Waals surface area contributed by atoms with Crippen LogP contribution in [0, 0.1) is 11.6 Å². The third-order valence-electron chi connectivity index (χ3n) is 4.64. The molecular formula is C17H16F2N2O2. The highest BCUT2D eigenvalue weighted by Gasteiger charge is 2.39. The summed E-state index contributed by atoms with van der Waals surface area (Å²) in [7, 11) is 0. The minimum absolute atomic E-state index is 0.00522. The van der Waals surface area contributed by atoms with Crippen LogP contribution in [0.4, 0.5) is 8.78 Å². The molecule has 6 heteroatoms. The lowest BCUT2D eigenvalue weighted by molar-refractivity contribution is 0.0903. The molecule has 0 saturated carbocycles. The number of carbonyl (C=O) groups is 1. The van der Waals surface area contributed by atoms with Gasteiger partial charge in [0.15, 0.2) is 5.76 Å². The van der Waals surface area contributed by atoms with E-state index in [4.69, 9.17) is 4.42 Å². The first kappa shape index (κ1) is 14.4. The molecule has 0 unspecified atom stereocenters. The van der Waals surface area contributed by atoms with Gasteiger partial charge in [0, 0.05) is 18.1 Å². The van der Waals surface area contributed by atoms with Crippen molar-refractivity contribution >= 4 is 5.91 Å². The van der Waals surface area contributed by atoms with Crippen LogP contribution in [0.5, 0.6) is 0 Å². The van der Waals surface area contributed by atoms with Crippen LogP contribution in [-0.4, -0.2) is 24.0 Å². The van der Waals surface area contributed by atoms with Crippen molar-refractivity contribution in [1.29, 1.82) is 0 Å². The minimum atomic E-state index is -0.593. The first-order chi connectivity index (χ1) is 11.1. The molecule has 4 nitrogen and oxygen atoms in total. The topological polar surface area (TPSA) is 54.3 Å². The van der Waals surface area contributed by atoms with E-state index in [2.05, 4.69) is 10.6 Å². The number of fused-ring (bicyclic) bond motifs is 2. The van der Waals surface area contributed by atoms with Gasteiger partial charge in [-0.15, -0.1) is 0 Å². The Morgan fingerprint density at radius 3 is 2.83 bits per heavy atom. The number of carbonyl (C=O) groups excluding carboxylic acids is 1. The highest BCUT2D eigenvalue weighted by molar-refractivity contribution is 5.92. The van der Waals surface area contributed by atoms with Gasteiger partial charge in [0.05, 0.1) is 5.56 Å². The standard InChI is InChI=1S/C17H16F2N2O2/c18-9-1-3-12(19)11(7-9)15-5-6-16(23-15)17(22)21-14-8-10-2-4-13(14)20-10/h1,3,5-7,10,13-14,20H,2,4,8H2,(H,21,22)/t10-,13+,14-/m1/s1. The van der Waals surface area contributed by atoms with Gasteiger partial charge in [-0.05, 0) is 49.6 Å². The number of halogens is 2. The summed E-state index contributed by atoms with van der Waals surface area (Å²) < 4.78 is 32.4. The Balaban J connectivity index is 1.51. The molecule has 2 N–H and O–H groups in total. The largest absolute Gasteiger partial charge is 0.451 e. The van der Waals surface area contributed by atoms with Crippen molar-refractivity contribution < 1.29 is 18.0 Å². The summed E-state index contributed by atoms with van der Waals surface area (Å²) in [5.41, 5.74) is 0.00522. The summed E-state index contributed by atoms with van der Waals surface area (Å²) >= 11 is 0. The number of nitrogens with one attached hydrogen (secondary N) is 2. The Bertz CT molecular complexity index is 759. The van der Waals surface area contributed by atoms with Crippen LogP contribution < -0.4 is 10.6 Å². The van der Waals surface area contributed by atoms with E-state index in [-0.39, 0.29) is 29.0 Å². The molecule has 3 heterocycles. The molecule has 0 radical (unpaired) electrons. The predicted octanol–water partition coefficient (Wildman–Crippen LogP) is 2.85. The molecule has 3 atom stereocenters. The highest BCUT2D eigenvalue weighted by atomic mass is 19.1. The lowest BCUT2D eigenvalue weighted by Gasteiger charge is -2.20. The summed E-state index contributed by atoms with van der Waals surface area (Å²) in [5.74, 6) is -1.24. The normalized spacial score (nSPS) is 25.7. The van der Waals surface area contributed by atoms with Gasteiger partial charge in [0.25, 0.3) is 5.91 Å². The van der Waals surface area contributed by atoms with Gasteiger partial charge in [-0.25, -0.2) is 8.78 Å². The summed E-state index contributed by atoms with van der Waals surface area (Å²) in [6, 6.07) is 6.99. The van der Waals surface area contributed by atoms with Crippen LogP contribution in [0.2, 0.25) is 0 Å². The average molecular weight is 318 g/mol. The third kappa shape index (κ3) is 2.63. The van der Waals surface area contributed by atoms with Gasteiger partial charge in [-0.1, -0.05) is 0 Å². The molecule has 2 saturated heterocycles. The van der Waals surface area contributed by atoms with Crippen molar-refractivity contribution in [3.8, 4) is 11.3 Å². The monoisotopic (exact) mass is 318 g/mol. The molecule has 0 spiro atoms. The molecule has 23 heavy (non-hydrogen) atoms. The third-order valence-corrected chi connectivity index (χ3v) is 4.64. The van der Waals surface area contributed by atoms with E-state index in [0.29, 0.717) is 12.1 Å². The Hall–Kier alpha value is -2.21. The SMILES string of the molecule is O=C(N[C@@H]1C[C@H]2CC[C@@H]1N2)c1ccc(-c2cc(F)ccc2F)o1. The quantitative estimate of drug-likeness (QED) is 0.915. The Labute approximate surface area is 131 Å². The summed E-state index contributed by atoms with van der Waals surface area (Å²) in [4.78, 5) is 12.3. The fraction of sp³-hybridized carbons (Fsp3) is 0.353. The fourth-order valence-electron chi connectivity index (χ4n) is 3.51. The lowest BCUT2D eigenvalue weighted by Crippen LogP contribution is -2.42. The maximum atomic E-state index is 13.8. The van der Waals surface area contributed by atoms with Crippen LogP contribution in [0.25, 0.3) is 11.3 Å². The molecule has 1 aromatic carbocycles. The molecule has 120 valence electrons. The number of benzene rings is 1. The molecular weight excluding hydrogens is 302 g/mol. The van der Waals surface area contributed by atoms with Crippen molar-refractivity contribution in [2.75, 3.05) is 0 Å². The zero-order valence-corrected chi connectivity index (χ0v) is 12.3. The van der Waals surface area contributed by atoms with E-state index in [1.54, 1.807) is 0 Å². The van der Waals surface area contributed by atoms with Gasteiger partial charge >= 0.3 is 0 Å². The number of hydrogen-bond acceptors (Lipinski definition) is 3. The average Bonchev–Trinajstić information content (AvgIpc) is 3.25. The van der Waals surface area contributed by atoms with Crippen LogP contribution in [0.15, 0.2) is 34.7 Å². The van der Waals surface area contributed by atoms with Crippen LogP contribution >= 0.6 is 0 Å². The second-order valence-corrected chi connectivity index (χ2v) is 6.15. The lowest BCUT2D eigenvalue weighted by atomic mass is 9.95. The predicted molar refractivity (Wildman–Crippen MR) is 79.9 cm³/mol. The Morgan fingerprint density at radius 1 is 1.22 bits per heavy atom. The van der Waals surface area contributed by atoms with E-state index in [9.17, 15) is 13.6 Å². The summed E-state index contributed by atoms with van der Waals surface area (Å²) in [6.07, 6.45) is 3.14. The van der Waals surface area contributed by atoms with Gasteiger partial charge in [-0.3, -0.25) is 4.79 Å². The van der Waals surface area contributed by atoms with Crippen LogP contribution in [0.1, 0.15) is 29.8 Å². The van der Waals surface area contributed by atoms with Crippen molar-refractivity contribution in [3.63, 3.8) is 0 Å². The molecule has 1 aromatic heterocycles. The minimum Gasteiger partial charge on any atom is -0.451 e. The van der Waals surface area contributed by atoms with E-state index in [0.717, 1.165) is 37.5 Å². The van der Waals surface area contributed by atoms with Gasteiger partial charge in [-0.2, -0.15) is 0 Å². The van der Waals surface area contributed by atoms with Gasteiger partial charge in [0.1, 0.15) is 17.4 Å². The first-order valence-electron chi connectivity index (χ1n) is 7.72. The van der Waals surface area contributed by atoms with Gasteiger partial charge in [0.2, 0.25) is 0 Å². The second kappa shape index (κ2) is 5.45. The molecule has 2 fully saturated rings. The van der Waals surface area contributed by atoms with Gasteiger partial charge < -0.3 is 15.1 Å².